The molecule has 1 unspecified atom stereocenters. The van der Waals surface area contributed by atoms with E-state index in [0.29, 0.717) is 0 Å². The zero-order valence-electron chi connectivity index (χ0n) is 8.46. The average molecular weight is 214 g/mol. The number of rotatable bonds is 3. The van der Waals surface area contributed by atoms with Gasteiger partial charge in [-0.15, -0.1) is 0 Å². The lowest BCUT2D eigenvalue weighted by Gasteiger charge is -2.10. The van der Waals surface area contributed by atoms with Crippen LogP contribution in [0.15, 0.2) is 6.20 Å². The first-order valence-corrected chi connectivity index (χ1v) is 5.53. The van der Waals surface area contributed by atoms with Gasteiger partial charge in [0.15, 0.2) is 0 Å². The molecule has 0 amide bonds. The van der Waals surface area contributed by atoms with Gasteiger partial charge < -0.3 is 9.88 Å². The maximum absolute atomic E-state index is 6.02. The van der Waals surface area contributed by atoms with Crippen molar-refractivity contribution in [3.8, 4) is 0 Å². The minimum absolute atomic E-state index is 0.758. The Morgan fingerprint density at radius 3 is 3.14 bits per heavy atom. The molecule has 1 aliphatic rings. The number of halogens is 1. The van der Waals surface area contributed by atoms with Gasteiger partial charge >= 0.3 is 0 Å². The highest BCUT2D eigenvalue weighted by Gasteiger charge is 2.15. The summed E-state index contributed by atoms with van der Waals surface area (Å²) < 4.78 is 2.08. The van der Waals surface area contributed by atoms with Crippen LogP contribution in [0, 0.1) is 12.8 Å². The molecule has 0 saturated carbocycles. The Hall–Kier alpha value is -0.540. The predicted molar refractivity (Wildman–Crippen MR) is 57.6 cm³/mol. The van der Waals surface area contributed by atoms with Crippen LogP contribution in [0.2, 0.25) is 5.15 Å². The summed E-state index contributed by atoms with van der Waals surface area (Å²) in [7, 11) is 0. The highest BCUT2D eigenvalue weighted by atomic mass is 35.5. The third kappa shape index (κ3) is 2.10. The van der Waals surface area contributed by atoms with E-state index in [1.54, 1.807) is 6.20 Å². The first kappa shape index (κ1) is 9.99. The number of hydrogen-bond acceptors (Lipinski definition) is 2. The molecule has 1 fully saturated rings. The van der Waals surface area contributed by atoms with Crippen LogP contribution in [-0.4, -0.2) is 22.6 Å². The molecule has 4 heteroatoms. The van der Waals surface area contributed by atoms with Crippen LogP contribution >= 0.6 is 11.6 Å². The molecule has 3 nitrogen and oxygen atoms in total. The van der Waals surface area contributed by atoms with E-state index in [1.165, 1.54) is 19.4 Å². The number of hydrogen-bond donors (Lipinski definition) is 1. The standard InChI is InChI=1S/C10H16ClN3/c1-8-13-7-10(11)14(8)5-3-9-2-4-12-6-9/h7,9,12H,2-6H2,1H3. The number of aryl methyl sites for hydroxylation is 1. The molecule has 78 valence electrons. The summed E-state index contributed by atoms with van der Waals surface area (Å²) in [5, 5.41) is 4.13. The van der Waals surface area contributed by atoms with Gasteiger partial charge in [-0.2, -0.15) is 0 Å². The van der Waals surface area contributed by atoms with Gasteiger partial charge in [0.25, 0.3) is 0 Å². The topological polar surface area (TPSA) is 29.9 Å². The van der Waals surface area contributed by atoms with E-state index in [2.05, 4.69) is 14.9 Å². The Bertz CT molecular complexity index is 283. The van der Waals surface area contributed by atoms with Crippen LogP contribution in [0.25, 0.3) is 0 Å². The van der Waals surface area contributed by atoms with Gasteiger partial charge in [0.1, 0.15) is 11.0 Å². The molecule has 0 bridgehead atoms. The van der Waals surface area contributed by atoms with Gasteiger partial charge in [0.05, 0.1) is 6.20 Å². The van der Waals surface area contributed by atoms with Crippen LogP contribution in [0.5, 0.6) is 0 Å². The van der Waals surface area contributed by atoms with E-state index in [-0.39, 0.29) is 0 Å². The minimum Gasteiger partial charge on any atom is -0.319 e. The molecule has 14 heavy (non-hydrogen) atoms. The molecular formula is C10H16ClN3. The van der Waals surface area contributed by atoms with Crippen LogP contribution < -0.4 is 5.32 Å². The molecular weight excluding hydrogens is 198 g/mol. The molecule has 1 saturated heterocycles. The van der Waals surface area contributed by atoms with Gasteiger partial charge in [0, 0.05) is 6.54 Å². The summed E-state index contributed by atoms with van der Waals surface area (Å²) in [5.74, 6) is 1.83. The summed E-state index contributed by atoms with van der Waals surface area (Å²) in [6.07, 6.45) is 4.22. The molecule has 1 aromatic rings. The summed E-state index contributed by atoms with van der Waals surface area (Å²) in [5.41, 5.74) is 0. The van der Waals surface area contributed by atoms with Gasteiger partial charge in [-0.1, -0.05) is 11.6 Å². The summed E-state index contributed by atoms with van der Waals surface area (Å²) in [6.45, 7) is 5.32. The van der Waals surface area contributed by atoms with E-state index in [4.69, 9.17) is 11.6 Å². The third-order valence-electron chi connectivity index (χ3n) is 2.93. The van der Waals surface area contributed by atoms with Crippen molar-refractivity contribution in [3.05, 3.63) is 17.2 Å². The second kappa shape index (κ2) is 4.32. The van der Waals surface area contributed by atoms with Crippen LogP contribution in [-0.2, 0) is 6.54 Å². The Morgan fingerprint density at radius 1 is 1.71 bits per heavy atom. The lowest BCUT2D eigenvalue weighted by Crippen LogP contribution is -2.11. The fourth-order valence-electron chi connectivity index (χ4n) is 1.98. The van der Waals surface area contributed by atoms with Gasteiger partial charge in [-0.3, -0.25) is 0 Å². The largest absolute Gasteiger partial charge is 0.319 e. The van der Waals surface area contributed by atoms with Crippen molar-refractivity contribution in [2.24, 2.45) is 5.92 Å². The van der Waals surface area contributed by atoms with Crippen molar-refractivity contribution in [2.45, 2.75) is 26.3 Å². The Morgan fingerprint density at radius 2 is 2.57 bits per heavy atom. The first-order valence-electron chi connectivity index (χ1n) is 5.15. The quantitative estimate of drug-likeness (QED) is 0.831. The van der Waals surface area contributed by atoms with Crippen LogP contribution in [0.4, 0.5) is 0 Å². The van der Waals surface area contributed by atoms with E-state index in [9.17, 15) is 0 Å². The number of aromatic nitrogens is 2. The van der Waals surface area contributed by atoms with Crippen molar-refractivity contribution in [1.82, 2.24) is 14.9 Å². The second-order valence-corrected chi connectivity index (χ2v) is 4.31. The number of imidazole rings is 1. The lowest BCUT2D eigenvalue weighted by atomic mass is 10.1. The normalized spacial score (nSPS) is 21.7. The number of nitrogens with one attached hydrogen (secondary N) is 1. The maximum atomic E-state index is 6.02. The van der Waals surface area contributed by atoms with Crippen LogP contribution in [0.3, 0.4) is 0 Å². The molecule has 0 spiro atoms. The van der Waals surface area contributed by atoms with Crippen molar-refractivity contribution < 1.29 is 0 Å². The fraction of sp³-hybridized carbons (Fsp3) is 0.700. The highest BCUT2D eigenvalue weighted by molar-refractivity contribution is 6.29. The minimum atomic E-state index is 0.758. The SMILES string of the molecule is Cc1ncc(Cl)n1CCC1CCNC1. The van der Waals surface area contributed by atoms with E-state index in [1.807, 2.05) is 6.92 Å². The fourth-order valence-corrected chi connectivity index (χ4v) is 2.24. The van der Waals surface area contributed by atoms with Crippen molar-refractivity contribution in [3.63, 3.8) is 0 Å². The zero-order valence-corrected chi connectivity index (χ0v) is 9.22. The second-order valence-electron chi connectivity index (χ2n) is 3.93. The third-order valence-corrected chi connectivity index (χ3v) is 3.23. The van der Waals surface area contributed by atoms with Crippen LogP contribution in [0.1, 0.15) is 18.7 Å². The van der Waals surface area contributed by atoms with Crippen molar-refractivity contribution in [2.75, 3.05) is 13.1 Å². The van der Waals surface area contributed by atoms with Gasteiger partial charge in [-0.25, -0.2) is 4.98 Å². The average Bonchev–Trinajstić information content (AvgIpc) is 2.76. The van der Waals surface area contributed by atoms with Crippen molar-refractivity contribution >= 4 is 11.6 Å². The van der Waals surface area contributed by atoms with E-state index >= 15 is 0 Å². The molecule has 1 aliphatic heterocycles. The molecule has 0 aliphatic carbocycles. The highest BCUT2D eigenvalue weighted by Crippen LogP contribution is 2.17. The van der Waals surface area contributed by atoms with Crippen molar-refractivity contribution in [1.29, 1.82) is 0 Å². The van der Waals surface area contributed by atoms with E-state index < -0.39 is 0 Å². The molecule has 2 rings (SSSR count). The van der Waals surface area contributed by atoms with E-state index in [0.717, 1.165) is 30.0 Å². The smallest absolute Gasteiger partial charge is 0.128 e. The first-order chi connectivity index (χ1) is 6.77. The molecule has 1 N–H and O–H groups in total. The summed E-state index contributed by atoms with van der Waals surface area (Å²) in [6, 6.07) is 0. The predicted octanol–water partition coefficient (Wildman–Crippen LogP) is 1.84. The molecule has 1 aromatic heterocycles. The van der Waals surface area contributed by atoms with Gasteiger partial charge in [0.2, 0.25) is 0 Å². The lowest BCUT2D eigenvalue weighted by molar-refractivity contribution is 0.476. The monoisotopic (exact) mass is 213 g/mol. The summed E-state index contributed by atoms with van der Waals surface area (Å²) in [4.78, 5) is 4.18. The summed E-state index contributed by atoms with van der Waals surface area (Å²) >= 11 is 6.02. The Balaban J connectivity index is 1.90. The molecule has 2 heterocycles. The molecule has 1 atom stereocenters. The molecule has 0 aromatic carbocycles. The van der Waals surface area contributed by atoms with Gasteiger partial charge in [-0.05, 0) is 38.8 Å². The maximum Gasteiger partial charge on any atom is 0.128 e. The molecule has 0 radical (unpaired) electrons. The Labute approximate surface area is 89.5 Å². The Kier molecular flexibility index (Phi) is 3.08. The zero-order chi connectivity index (χ0) is 9.97. The number of nitrogens with zero attached hydrogens (tertiary/aromatic N) is 2.